The first-order chi connectivity index (χ1) is 15.3. The average Bonchev–Trinajstić information content (AvgIpc) is 3.43. The van der Waals surface area contributed by atoms with Gasteiger partial charge in [-0.2, -0.15) is 5.10 Å². The molecule has 0 saturated heterocycles. The zero-order valence-corrected chi connectivity index (χ0v) is 19.0. The Balaban J connectivity index is 1.70. The maximum atomic E-state index is 13.3. The van der Waals surface area contributed by atoms with Gasteiger partial charge in [-0.05, 0) is 62.0 Å². The molecular weight excluding hydrogens is 426 g/mol. The van der Waals surface area contributed by atoms with E-state index in [9.17, 15) is 9.59 Å². The van der Waals surface area contributed by atoms with Crippen LogP contribution in [-0.4, -0.2) is 44.9 Å². The number of fused-ring (bicyclic) bond motifs is 1. The van der Waals surface area contributed by atoms with Gasteiger partial charge in [-0.25, -0.2) is 9.67 Å². The zero-order valence-electron chi connectivity index (χ0n) is 18.2. The Morgan fingerprint density at radius 1 is 1.16 bits per heavy atom. The Morgan fingerprint density at radius 2 is 1.97 bits per heavy atom. The van der Waals surface area contributed by atoms with Gasteiger partial charge < -0.3 is 14.6 Å². The normalized spacial score (nSPS) is 11.2. The number of carbonyl (C=O) groups excluding carboxylic acids is 2. The van der Waals surface area contributed by atoms with Crippen molar-refractivity contribution in [3.8, 4) is 11.5 Å². The molecule has 0 aliphatic rings. The molecular formula is C23H23N5O3S. The van der Waals surface area contributed by atoms with Crippen LogP contribution in [-0.2, 0) is 0 Å². The summed E-state index contributed by atoms with van der Waals surface area (Å²) in [5, 5.41) is 7.92. The number of benzene rings is 1. The largest absolute Gasteiger partial charge is 0.463 e. The van der Waals surface area contributed by atoms with Crippen LogP contribution in [0.5, 0.6) is 0 Å². The molecule has 1 N–H and O–H groups in total. The lowest BCUT2D eigenvalue weighted by molar-refractivity contribution is 0.102. The number of furan rings is 1. The second kappa shape index (κ2) is 8.88. The number of carbonyl (C=O) groups is 2. The summed E-state index contributed by atoms with van der Waals surface area (Å²) in [5.74, 6) is 0.271. The number of hydrogen-bond donors (Lipinski definition) is 1. The monoisotopic (exact) mass is 449 g/mol. The van der Waals surface area contributed by atoms with E-state index in [1.54, 1.807) is 67.6 Å². The van der Waals surface area contributed by atoms with Crippen LogP contribution < -0.4 is 5.32 Å². The SMILES string of the molecule is CC(C)n1ncc2c(C(=O)Nc3cccc(SC(=O)N(C)C)c3)cc(-c3ccco3)nc21. The molecule has 9 heteroatoms. The number of hydrogen-bond acceptors (Lipinski definition) is 6. The number of pyridine rings is 1. The lowest BCUT2D eigenvalue weighted by Crippen LogP contribution is -2.16. The summed E-state index contributed by atoms with van der Waals surface area (Å²) in [6.45, 7) is 4.01. The van der Waals surface area contributed by atoms with E-state index in [1.807, 2.05) is 19.9 Å². The molecule has 0 aliphatic carbocycles. The Hall–Kier alpha value is -3.59. The molecule has 0 saturated carbocycles. The van der Waals surface area contributed by atoms with E-state index in [4.69, 9.17) is 9.40 Å². The highest BCUT2D eigenvalue weighted by Gasteiger charge is 2.20. The highest BCUT2D eigenvalue weighted by atomic mass is 32.2. The Kier molecular flexibility index (Phi) is 6.00. The number of thioether (sulfide) groups is 1. The number of amides is 2. The summed E-state index contributed by atoms with van der Waals surface area (Å²) < 4.78 is 7.29. The van der Waals surface area contributed by atoms with Crippen molar-refractivity contribution in [1.29, 1.82) is 0 Å². The van der Waals surface area contributed by atoms with Gasteiger partial charge in [0.25, 0.3) is 11.1 Å². The van der Waals surface area contributed by atoms with Crippen molar-refractivity contribution in [2.45, 2.75) is 24.8 Å². The fourth-order valence-electron chi connectivity index (χ4n) is 3.16. The number of nitrogens with zero attached hydrogens (tertiary/aromatic N) is 4. The molecule has 0 bridgehead atoms. The van der Waals surface area contributed by atoms with Gasteiger partial charge in [0.2, 0.25) is 0 Å². The van der Waals surface area contributed by atoms with E-state index in [-0.39, 0.29) is 17.2 Å². The standard InChI is InChI=1S/C23H23N5O3S/c1-14(2)28-21-18(13-24-28)17(12-19(26-21)20-9-6-10-31-20)22(29)25-15-7-5-8-16(11-15)32-23(30)27(3)4/h5-14H,1-4H3,(H,25,29). The van der Waals surface area contributed by atoms with Gasteiger partial charge in [-0.3, -0.25) is 9.59 Å². The third-order valence-electron chi connectivity index (χ3n) is 4.74. The maximum Gasteiger partial charge on any atom is 0.285 e. The van der Waals surface area contributed by atoms with Crippen molar-refractivity contribution < 1.29 is 14.0 Å². The molecule has 0 aliphatic heterocycles. The van der Waals surface area contributed by atoms with Gasteiger partial charge in [0, 0.05) is 30.7 Å². The molecule has 4 aromatic rings. The van der Waals surface area contributed by atoms with Crippen LogP contribution in [0.2, 0.25) is 0 Å². The molecule has 8 nitrogen and oxygen atoms in total. The van der Waals surface area contributed by atoms with Crippen LogP contribution in [0.4, 0.5) is 10.5 Å². The zero-order chi connectivity index (χ0) is 22.8. The number of aromatic nitrogens is 3. The van der Waals surface area contributed by atoms with Crippen molar-refractivity contribution in [3.63, 3.8) is 0 Å². The van der Waals surface area contributed by atoms with Crippen LogP contribution in [0, 0.1) is 0 Å². The van der Waals surface area contributed by atoms with Crippen LogP contribution in [0.15, 0.2) is 64.2 Å². The molecule has 164 valence electrons. The highest BCUT2D eigenvalue weighted by molar-refractivity contribution is 8.13. The Labute approximate surface area is 189 Å². The summed E-state index contributed by atoms with van der Waals surface area (Å²) in [6.07, 6.45) is 3.23. The van der Waals surface area contributed by atoms with E-state index in [0.717, 1.165) is 16.7 Å². The van der Waals surface area contributed by atoms with Gasteiger partial charge in [-0.15, -0.1) is 0 Å². The maximum absolute atomic E-state index is 13.3. The predicted octanol–water partition coefficient (Wildman–Crippen LogP) is 5.30. The fourth-order valence-corrected chi connectivity index (χ4v) is 3.88. The van der Waals surface area contributed by atoms with Gasteiger partial charge in [0.05, 0.1) is 23.4 Å². The second-order valence-corrected chi connectivity index (χ2v) is 8.72. The molecule has 3 aromatic heterocycles. The van der Waals surface area contributed by atoms with E-state index in [1.165, 1.54) is 4.90 Å². The topological polar surface area (TPSA) is 93.3 Å². The van der Waals surface area contributed by atoms with Crippen molar-refractivity contribution >= 4 is 39.6 Å². The molecule has 1 aromatic carbocycles. The van der Waals surface area contributed by atoms with Gasteiger partial charge >= 0.3 is 0 Å². The Bertz CT molecular complexity index is 1280. The highest BCUT2D eigenvalue weighted by Crippen LogP contribution is 2.28. The predicted molar refractivity (Wildman–Crippen MR) is 125 cm³/mol. The third kappa shape index (κ3) is 4.38. The molecule has 2 amide bonds. The van der Waals surface area contributed by atoms with Crippen molar-refractivity contribution in [2.75, 3.05) is 19.4 Å². The molecule has 4 rings (SSSR count). The van der Waals surface area contributed by atoms with E-state index in [0.29, 0.717) is 33.7 Å². The van der Waals surface area contributed by atoms with Crippen molar-refractivity contribution in [2.24, 2.45) is 0 Å². The van der Waals surface area contributed by atoms with Crippen molar-refractivity contribution in [1.82, 2.24) is 19.7 Å². The lowest BCUT2D eigenvalue weighted by Gasteiger charge is -2.12. The van der Waals surface area contributed by atoms with Gasteiger partial charge in [0.15, 0.2) is 11.4 Å². The molecule has 0 unspecified atom stereocenters. The van der Waals surface area contributed by atoms with E-state index < -0.39 is 0 Å². The molecule has 0 fully saturated rings. The third-order valence-corrected chi connectivity index (χ3v) is 5.77. The first kappa shape index (κ1) is 21.6. The minimum absolute atomic E-state index is 0.0747. The Morgan fingerprint density at radius 3 is 2.66 bits per heavy atom. The number of anilines is 1. The summed E-state index contributed by atoms with van der Waals surface area (Å²) >= 11 is 1.10. The van der Waals surface area contributed by atoms with Gasteiger partial charge in [0.1, 0.15) is 5.69 Å². The lowest BCUT2D eigenvalue weighted by atomic mass is 10.1. The summed E-state index contributed by atoms with van der Waals surface area (Å²) in [5.41, 5.74) is 2.19. The molecule has 32 heavy (non-hydrogen) atoms. The van der Waals surface area contributed by atoms with Crippen LogP contribution >= 0.6 is 11.8 Å². The second-order valence-electron chi connectivity index (χ2n) is 7.70. The minimum Gasteiger partial charge on any atom is -0.463 e. The van der Waals surface area contributed by atoms with Crippen LogP contribution in [0.3, 0.4) is 0 Å². The summed E-state index contributed by atoms with van der Waals surface area (Å²) in [4.78, 5) is 32.2. The molecule has 0 atom stereocenters. The smallest absolute Gasteiger partial charge is 0.285 e. The first-order valence-corrected chi connectivity index (χ1v) is 10.9. The fraction of sp³-hybridized carbons (Fsp3) is 0.217. The van der Waals surface area contributed by atoms with Crippen LogP contribution in [0.1, 0.15) is 30.2 Å². The summed E-state index contributed by atoms with van der Waals surface area (Å²) in [7, 11) is 3.40. The van der Waals surface area contributed by atoms with E-state index >= 15 is 0 Å². The number of rotatable bonds is 5. The van der Waals surface area contributed by atoms with Crippen LogP contribution in [0.25, 0.3) is 22.5 Å². The molecule has 0 radical (unpaired) electrons. The van der Waals surface area contributed by atoms with Crippen molar-refractivity contribution in [3.05, 3.63) is 60.5 Å². The molecule has 3 heterocycles. The minimum atomic E-state index is -0.297. The summed E-state index contributed by atoms with van der Waals surface area (Å²) in [6, 6.07) is 12.5. The molecule has 0 spiro atoms. The quantitative estimate of drug-likeness (QED) is 0.416. The van der Waals surface area contributed by atoms with E-state index in [2.05, 4.69) is 10.4 Å². The average molecular weight is 450 g/mol. The first-order valence-electron chi connectivity index (χ1n) is 10.1. The van der Waals surface area contributed by atoms with Gasteiger partial charge in [-0.1, -0.05) is 6.07 Å². The number of nitrogens with one attached hydrogen (secondary N) is 1.